The molecule has 4 nitrogen and oxygen atoms in total. The molecule has 1 aromatic rings. The lowest BCUT2D eigenvalue weighted by atomic mass is 10.0. The number of aromatic nitrogens is 1. The van der Waals surface area contributed by atoms with E-state index in [1.54, 1.807) is 6.92 Å². The van der Waals surface area contributed by atoms with Crippen LogP contribution in [0.4, 0.5) is 0 Å². The molecule has 0 saturated carbocycles. The van der Waals surface area contributed by atoms with E-state index in [2.05, 4.69) is 9.68 Å². The van der Waals surface area contributed by atoms with Gasteiger partial charge in [-0.3, -0.25) is 0 Å². The lowest BCUT2D eigenvalue weighted by Crippen LogP contribution is -2.01. The summed E-state index contributed by atoms with van der Waals surface area (Å²) in [6.45, 7) is 5.56. The molecule has 66 valence electrons. The van der Waals surface area contributed by atoms with Gasteiger partial charge in [-0.05, 0) is 12.8 Å². The van der Waals surface area contributed by atoms with E-state index in [1.807, 2.05) is 13.8 Å². The van der Waals surface area contributed by atoms with Gasteiger partial charge in [-0.1, -0.05) is 19.0 Å². The molecule has 1 N–H and O–H groups in total. The van der Waals surface area contributed by atoms with E-state index in [0.29, 0.717) is 11.3 Å². The zero-order valence-corrected chi connectivity index (χ0v) is 7.29. The monoisotopic (exact) mass is 169 g/mol. The van der Waals surface area contributed by atoms with Gasteiger partial charge in [0.2, 0.25) is 5.76 Å². The molecule has 1 aromatic heterocycles. The first kappa shape index (κ1) is 8.77. The summed E-state index contributed by atoms with van der Waals surface area (Å²) in [5.41, 5.74) is 1.34. The van der Waals surface area contributed by atoms with Crippen LogP contribution in [0.3, 0.4) is 0 Å². The topological polar surface area (TPSA) is 63.3 Å². The Kier molecular flexibility index (Phi) is 2.17. The number of carboxylic acids is 1. The Bertz CT molecular complexity index is 301. The highest BCUT2D eigenvalue weighted by molar-refractivity contribution is 5.86. The van der Waals surface area contributed by atoms with Gasteiger partial charge in [0, 0.05) is 5.56 Å². The fourth-order valence-corrected chi connectivity index (χ4v) is 1.21. The van der Waals surface area contributed by atoms with Crippen molar-refractivity contribution >= 4 is 5.97 Å². The number of hydrogen-bond acceptors (Lipinski definition) is 3. The molecule has 0 atom stereocenters. The molecule has 0 unspecified atom stereocenters. The van der Waals surface area contributed by atoms with E-state index < -0.39 is 5.97 Å². The summed E-state index contributed by atoms with van der Waals surface area (Å²) in [5.74, 6) is -0.968. The maximum absolute atomic E-state index is 10.6. The van der Waals surface area contributed by atoms with Crippen molar-refractivity contribution in [2.75, 3.05) is 0 Å². The minimum Gasteiger partial charge on any atom is -0.475 e. The molecule has 4 heteroatoms. The first-order valence-electron chi connectivity index (χ1n) is 3.73. The molecule has 12 heavy (non-hydrogen) atoms. The molecule has 0 aromatic carbocycles. The highest BCUT2D eigenvalue weighted by Gasteiger charge is 2.21. The number of nitrogens with zero attached hydrogens (tertiary/aromatic N) is 1. The Morgan fingerprint density at radius 1 is 1.58 bits per heavy atom. The second-order valence-electron chi connectivity index (χ2n) is 2.97. The highest BCUT2D eigenvalue weighted by atomic mass is 16.5. The Hall–Kier alpha value is -1.32. The summed E-state index contributed by atoms with van der Waals surface area (Å²) < 4.78 is 4.67. The van der Waals surface area contributed by atoms with Crippen molar-refractivity contribution in [3.63, 3.8) is 0 Å². The van der Waals surface area contributed by atoms with Crippen molar-refractivity contribution < 1.29 is 14.4 Å². The van der Waals surface area contributed by atoms with Gasteiger partial charge >= 0.3 is 5.97 Å². The Labute approximate surface area is 70.2 Å². The molecule has 0 bridgehead atoms. The number of rotatable bonds is 2. The number of aryl methyl sites for hydroxylation is 1. The summed E-state index contributed by atoms with van der Waals surface area (Å²) in [4.78, 5) is 10.6. The second kappa shape index (κ2) is 2.97. The van der Waals surface area contributed by atoms with Gasteiger partial charge in [-0.15, -0.1) is 0 Å². The van der Waals surface area contributed by atoms with Crippen molar-refractivity contribution in [3.05, 3.63) is 17.0 Å². The first-order chi connectivity index (χ1) is 5.54. The van der Waals surface area contributed by atoms with Crippen LogP contribution in [0.15, 0.2) is 4.52 Å². The van der Waals surface area contributed by atoms with Crippen LogP contribution < -0.4 is 0 Å². The van der Waals surface area contributed by atoms with E-state index in [-0.39, 0.29) is 11.7 Å². The van der Waals surface area contributed by atoms with Gasteiger partial charge in [0.15, 0.2) is 0 Å². The van der Waals surface area contributed by atoms with Crippen LogP contribution >= 0.6 is 0 Å². The van der Waals surface area contributed by atoms with Crippen molar-refractivity contribution in [1.29, 1.82) is 0 Å². The van der Waals surface area contributed by atoms with E-state index in [4.69, 9.17) is 5.11 Å². The zero-order chi connectivity index (χ0) is 9.30. The average molecular weight is 169 g/mol. The number of carbonyl (C=O) groups is 1. The molecule has 1 rings (SSSR count). The smallest absolute Gasteiger partial charge is 0.375 e. The van der Waals surface area contributed by atoms with E-state index in [9.17, 15) is 4.79 Å². The van der Waals surface area contributed by atoms with Crippen LogP contribution in [0.1, 0.15) is 41.6 Å². The first-order valence-corrected chi connectivity index (χ1v) is 3.73. The molecule has 0 saturated heterocycles. The van der Waals surface area contributed by atoms with E-state index in [0.717, 1.165) is 0 Å². The zero-order valence-electron chi connectivity index (χ0n) is 7.29. The van der Waals surface area contributed by atoms with Gasteiger partial charge in [0.05, 0.1) is 5.69 Å². The highest BCUT2D eigenvalue weighted by Crippen LogP contribution is 2.22. The minimum atomic E-state index is -1.06. The van der Waals surface area contributed by atoms with E-state index >= 15 is 0 Å². The quantitative estimate of drug-likeness (QED) is 0.733. The summed E-state index contributed by atoms with van der Waals surface area (Å²) >= 11 is 0. The predicted octanol–water partition coefficient (Wildman–Crippen LogP) is 1.80. The number of hydrogen-bond donors (Lipinski definition) is 1. The molecule has 0 aliphatic carbocycles. The SMILES string of the molecule is Cc1noc(C(=O)O)c1C(C)C. The molecule has 0 aliphatic heterocycles. The van der Waals surface area contributed by atoms with Crippen LogP contribution in [-0.2, 0) is 0 Å². The van der Waals surface area contributed by atoms with E-state index in [1.165, 1.54) is 0 Å². The predicted molar refractivity (Wildman–Crippen MR) is 42.3 cm³/mol. The van der Waals surface area contributed by atoms with Crippen LogP contribution in [0.2, 0.25) is 0 Å². The number of aromatic carboxylic acids is 1. The standard InChI is InChI=1S/C8H11NO3/c1-4(2)6-5(3)9-12-7(6)8(10)11/h4H,1-3H3,(H,10,11). The van der Waals surface area contributed by atoms with Crippen LogP contribution in [0.5, 0.6) is 0 Å². The lowest BCUT2D eigenvalue weighted by Gasteiger charge is -2.01. The Balaban J connectivity index is 3.21. The normalized spacial score (nSPS) is 10.7. The molecule has 1 heterocycles. The van der Waals surface area contributed by atoms with Crippen molar-refractivity contribution in [2.45, 2.75) is 26.7 Å². The van der Waals surface area contributed by atoms with Crippen molar-refractivity contribution in [1.82, 2.24) is 5.16 Å². The van der Waals surface area contributed by atoms with Crippen molar-refractivity contribution in [2.24, 2.45) is 0 Å². The van der Waals surface area contributed by atoms with Crippen LogP contribution in [0, 0.1) is 6.92 Å². The van der Waals surface area contributed by atoms with Gasteiger partial charge < -0.3 is 9.63 Å². The maximum atomic E-state index is 10.6. The molecular weight excluding hydrogens is 158 g/mol. The fourth-order valence-electron chi connectivity index (χ4n) is 1.21. The summed E-state index contributed by atoms with van der Waals surface area (Å²) in [7, 11) is 0. The van der Waals surface area contributed by atoms with Gasteiger partial charge in [-0.25, -0.2) is 4.79 Å². The Morgan fingerprint density at radius 3 is 2.50 bits per heavy atom. The van der Waals surface area contributed by atoms with Gasteiger partial charge in [-0.2, -0.15) is 0 Å². The van der Waals surface area contributed by atoms with Gasteiger partial charge in [0.25, 0.3) is 0 Å². The lowest BCUT2D eigenvalue weighted by molar-refractivity contribution is 0.0650. The third-order valence-electron chi connectivity index (χ3n) is 1.68. The largest absolute Gasteiger partial charge is 0.475 e. The minimum absolute atomic E-state index is 0.0394. The molecule has 0 fully saturated rings. The summed E-state index contributed by atoms with van der Waals surface area (Å²) in [6, 6.07) is 0. The molecule has 0 aliphatic rings. The van der Waals surface area contributed by atoms with Crippen LogP contribution in [0.25, 0.3) is 0 Å². The summed E-state index contributed by atoms with van der Waals surface area (Å²) in [5, 5.41) is 12.3. The third kappa shape index (κ3) is 1.32. The third-order valence-corrected chi connectivity index (χ3v) is 1.68. The molecule has 0 radical (unpaired) electrons. The summed E-state index contributed by atoms with van der Waals surface area (Å²) in [6.07, 6.45) is 0. The molecular formula is C8H11NO3. The maximum Gasteiger partial charge on any atom is 0.375 e. The fraction of sp³-hybridized carbons (Fsp3) is 0.500. The van der Waals surface area contributed by atoms with Crippen molar-refractivity contribution in [3.8, 4) is 0 Å². The second-order valence-corrected chi connectivity index (χ2v) is 2.97. The number of carboxylic acid groups (broad SMARTS) is 1. The van der Waals surface area contributed by atoms with Crippen LogP contribution in [-0.4, -0.2) is 16.2 Å². The van der Waals surface area contributed by atoms with Gasteiger partial charge in [0.1, 0.15) is 0 Å². The average Bonchev–Trinajstić information content (AvgIpc) is 2.30. The Morgan fingerprint density at radius 2 is 2.17 bits per heavy atom. The molecule has 0 spiro atoms. The molecule has 0 amide bonds.